The molecule has 4 nitrogen and oxygen atoms in total. The predicted molar refractivity (Wildman–Crippen MR) is 84.4 cm³/mol. The van der Waals surface area contributed by atoms with E-state index in [0.29, 0.717) is 0 Å². The van der Waals surface area contributed by atoms with Crippen LogP contribution >= 0.6 is 0 Å². The molecule has 0 saturated carbocycles. The van der Waals surface area contributed by atoms with Gasteiger partial charge in [-0.1, -0.05) is 48.5 Å². The average molecular weight is 279 g/mol. The number of hydrogen-bond donors (Lipinski definition) is 2. The summed E-state index contributed by atoms with van der Waals surface area (Å²) in [6.45, 7) is 1.85. The molecule has 0 aliphatic carbocycles. The molecular formula is C17H17N3O. The van der Waals surface area contributed by atoms with Crippen molar-refractivity contribution in [1.82, 2.24) is 9.99 Å². The van der Waals surface area contributed by atoms with E-state index in [0.717, 1.165) is 22.2 Å². The largest absolute Gasteiger partial charge is 0.328 e. The molecule has 0 aliphatic heterocycles. The Balaban J connectivity index is 2.26. The Hall–Kier alpha value is -2.59. The number of hydrazine groups is 1. The highest BCUT2D eigenvalue weighted by atomic mass is 16.2. The first kappa shape index (κ1) is 13.4. The van der Waals surface area contributed by atoms with Gasteiger partial charge in [-0.2, -0.15) is 0 Å². The van der Waals surface area contributed by atoms with Crippen LogP contribution in [0.5, 0.6) is 0 Å². The summed E-state index contributed by atoms with van der Waals surface area (Å²) in [5.41, 5.74) is 5.34. The Kier molecular flexibility index (Phi) is 3.46. The molecule has 0 radical (unpaired) electrons. The molecule has 0 saturated heterocycles. The van der Waals surface area contributed by atoms with Crippen LogP contribution in [0.2, 0.25) is 0 Å². The molecule has 3 N–H and O–H groups in total. The second-order valence-corrected chi connectivity index (χ2v) is 5.01. The average Bonchev–Trinajstić information content (AvgIpc) is 2.93. The van der Waals surface area contributed by atoms with Crippen molar-refractivity contribution in [3.63, 3.8) is 0 Å². The normalized spacial score (nSPS) is 12.3. The monoisotopic (exact) mass is 279 g/mol. The van der Waals surface area contributed by atoms with Gasteiger partial charge in [0.25, 0.3) is 5.91 Å². The minimum absolute atomic E-state index is 0.214. The van der Waals surface area contributed by atoms with Crippen LogP contribution in [0.3, 0.4) is 0 Å². The molecule has 1 unspecified atom stereocenters. The summed E-state index contributed by atoms with van der Waals surface area (Å²) in [6.07, 6.45) is 0. The molecule has 1 amide bonds. The van der Waals surface area contributed by atoms with Crippen molar-refractivity contribution in [1.29, 1.82) is 0 Å². The lowest BCUT2D eigenvalue weighted by atomic mass is 10.1. The van der Waals surface area contributed by atoms with Gasteiger partial charge in [-0.25, -0.2) is 5.84 Å². The first-order valence-corrected chi connectivity index (χ1v) is 6.88. The fraction of sp³-hybridized carbons (Fsp3) is 0.118. The summed E-state index contributed by atoms with van der Waals surface area (Å²) in [7, 11) is 0. The number of nitrogens with two attached hydrogens (primary N) is 1. The molecule has 2 aromatic carbocycles. The highest BCUT2D eigenvalue weighted by Crippen LogP contribution is 2.31. The molecule has 0 aliphatic rings. The highest BCUT2D eigenvalue weighted by Gasteiger charge is 2.20. The van der Waals surface area contributed by atoms with Crippen LogP contribution in [-0.2, 0) is 4.79 Å². The number of aromatic nitrogens is 1. The SMILES string of the molecule is CC(C(=O)NN)n1c(-c2ccccc2)cc2ccccc21. The molecule has 0 spiro atoms. The van der Waals surface area contributed by atoms with Gasteiger partial charge in [-0.3, -0.25) is 10.2 Å². The zero-order valence-electron chi connectivity index (χ0n) is 11.8. The Morgan fingerprint density at radius 1 is 1.10 bits per heavy atom. The lowest BCUT2D eigenvalue weighted by molar-refractivity contribution is -0.123. The van der Waals surface area contributed by atoms with E-state index >= 15 is 0 Å². The van der Waals surface area contributed by atoms with Gasteiger partial charge in [0.15, 0.2) is 0 Å². The van der Waals surface area contributed by atoms with Crippen LogP contribution in [0.1, 0.15) is 13.0 Å². The third kappa shape index (κ3) is 2.30. The minimum atomic E-state index is -0.384. The van der Waals surface area contributed by atoms with Gasteiger partial charge < -0.3 is 4.57 Å². The van der Waals surface area contributed by atoms with E-state index in [1.165, 1.54) is 0 Å². The van der Waals surface area contributed by atoms with Crippen LogP contribution in [0.25, 0.3) is 22.2 Å². The summed E-state index contributed by atoms with van der Waals surface area (Å²) in [4.78, 5) is 12.0. The Morgan fingerprint density at radius 2 is 1.76 bits per heavy atom. The van der Waals surface area contributed by atoms with Gasteiger partial charge >= 0.3 is 0 Å². The zero-order chi connectivity index (χ0) is 14.8. The number of fused-ring (bicyclic) bond motifs is 1. The van der Waals surface area contributed by atoms with Crippen molar-refractivity contribution in [2.75, 3.05) is 0 Å². The lowest BCUT2D eigenvalue weighted by Gasteiger charge is -2.17. The molecular weight excluding hydrogens is 262 g/mol. The number of hydrogen-bond acceptors (Lipinski definition) is 2. The summed E-state index contributed by atoms with van der Waals surface area (Å²) in [5, 5.41) is 1.10. The fourth-order valence-corrected chi connectivity index (χ4v) is 2.66. The van der Waals surface area contributed by atoms with E-state index < -0.39 is 0 Å². The molecule has 4 heteroatoms. The topological polar surface area (TPSA) is 60.1 Å². The van der Waals surface area contributed by atoms with Gasteiger partial charge in [0, 0.05) is 16.6 Å². The van der Waals surface area contributed by atoms with Crippen molar-refractivity contribution < 1.29 is 4.79 Å². The maximum atomic E-state index is 12.0. The molecule has 3 rings (SSSR count). The van der Waals surface area contributed by atoms with E-state index in [-0.39, 0.29) is 11.9 Å². The van der Waals surface area contributed by atoms with Crippen molar-refractivity contribution in [3.05, 3.63) is 60.7 Å². The quantitative estimate of drug-likeness (QED) is 0.440. The van der Waals surface area contributed by atoms with Crippen molar-refractivity contribution in [2.24, 2.45) is 5.84 Å². The van der Waals surface area contributed by atoms with Crippen LogP contribution in [0.4, 0.5) is 0 Å². The van der Waals surface area contributed by atoms with Gasteiger partial charge in [-0.05, 0) is 24.6 Å². The molecule has 0 fully saturated rings. The predicted octanol–water partition coefficient (Wildman–Crippen LogP) is 2.86. The number of amides is 1. The second kappa shape index (κ2) is 5.42. The van der Waals surface area contributed by atoms with Crippen LogP contribution in [-0.4, -0.2) is 10.5 Å². The van der Waals surface area contributed by atoms with Gasteiger partial charge in [0.2, 0.25) is 0 Å². The molecule has 106 valence electrons. The summed E-state index contributed by atoms with van der Waals surface area (Å²) in [5.74, 6) is 5.08. The standard InChI is InChI=1S/C17H17N3O/c1-12(17(21)19-18)20-15-10-6-5-9-14(15)11-16(20)13-7-3-2-4-8-13/h2-12H,18H2,1H3,(H,19,21). The zero-order valence-corrected chi connectivity index (χ0v) is 11.8. The van der Waals surface area contributed by atoms with Crippen LogP contribution in [0.15, 0.2) is 60.7 Å². The number of benzene rings is 2. The van der Waals surface area contributed by atoms with Crippen molar-refractivity contribution in [2.45, 2.75) is 13.0 Å². The molecule has 0 bridgehead atoms. The first-order chi connectivity index (χ1) is 10.2. The van der Waals surface area contributed by atoms with Crippen molar-refractivity contribution in [3.8, 4) is 11.3 Å². The summed E-state index contributed by atoms with van der Waals surface area (Å²) >= 11 is 0. The van der Waals surface area contributed by atoms with E-state index in [1.807, 2.05) is 66.1 Å². The molecule has 1 atom stereocenters. The molecule has 1 aromatic heterocycles. The molecule has 3 aromatic rings. The fourth-order valence-electron chi connectivity index (χ4n) is 2.66. The summed E-state index contributed by atoms with van der Waals surface area (Å²) < 4.78 is 2.02. The highest BCUT2D eigenvalue weighted by molar-refractivity contribution is 5.90. The Bertz CT molecular complexity index is 777. The second-order valence-electron chi connectivity index (χ2n) is 5.01. The number of rotatable bonds is 3. The van der Waals surface area contributed by atoms with E-state index in [9.17, 15) is 4.79 Å². The number of nitrogens with zero attached hydrogens (tertiary/aromatic N) is 1. The Labute approximate surface area is 123 Å². The number of carbonyl (C=O) groups is 1. The third-order valence-corrected chi connectivity index (χ3v) is 3.73. The number of para-hydroxylation sites is 1. The molecule has 21 heavy (non-hydrogen) atoms. The first-order valence-electron chi connectivity index (χ1n) is 6.88. The van der Waals surface area contributed by atoms with Gasteiger partial charge in [0.05, 0.1) is 0 Å². The maximum Gasteiger partial charge on any atom is 0.256 e. The minimum Gasteiger partial charge on any atom is -0.328 e. The smallest absolute Gasteiger partial charge is 0.256 e. The van der Waals surface area contributed by atoms with E-state index in [2.05, 4.69) is 11.5 Å². The van der Waals surface area contributed by atoms with Gasteiger partial charge in [0.1, 0.15) is 6.04 Å². The van der Waals surface area contributed by atoms with E-state index in [1.54, 1.807) is 0 Å². The lowest BCUT2D eigenvalue weighted by Crippen LogP contribution is -2.36. The number of nitrogens with one attached hydrogen (secondary N) is 1. The van der Waals surface area contributed by atoms with Crippen LogP contribution < -0.4 is 11.3 Å². The van der Waals surface area contributed by atoms with Crippen molar-refractivity contribution >= 4 is 16.8 Å². The maximum absolute atomic E-state index is 12.0. The van der Waals surface area contributed by atoms with E-state index in [4.69, 9.17) is 5.84 Å². The van der Waals surface area contributed by atoms with Gasteiger partial charge in [-0.15, -0.1) is 0 Å². The Morgan fingerprint density at radius 3 is 2.48 bits per heavy atom. The third-order valence-electron chi connectivity index (χ3n) is 3.73. The number of carbonyl (C=O) groups excluding carboxylic acids is 1. The van der Waals surface area contributed by atoms with Crippen LogP contribution in [0, 0.1) is 0 Å². The molecule has 1 heterocycles. The summed E-state index contributed by atoms with van der Waals surface area (Å²) in [6, 6.07) is 19.8.